The average Bonchev–Trinajstić information content (AvgIpc) is 3.70. The molecule has 8 rings (SSSR count). The molecule has 4 fully saturated rings. The lowest BCUT2D eigenvalue weighted by atomic mass is 9.92. The Balaban J connectivity index is 1.27. The maximum Gasteiger partial charge on any atom is 0.319 e. The highest BCUT2D eigenvalue weighted by molar-refractivity contribution is 6.35. The van der Waals surface area contributed by atoms with Gasteiger partial charge in [0, 0.05) is 48.5 Å². The second kappa shape index (κ2) is 9.65. The number of allylic oxidation sites excluding steroid dienone is 1. The summed E-state index contributed by atoms with van der Waals surface area (Å²) in [5.41, 5.74) is 8.72. The van der Waals surface area contributed by atoms with Crippen LogP contribution < -0.4 is 20.7 Å². The molecule has 4 saturated heterocycles. The van der Waals surface area contributed by atoms with E-state index in [4.69, 9.17) is 27.1 Å². The summed E-state index contributed by atoms with van der Waals surface area (Å²) in [6.07, 6.45) is 7.88. The fourth-order valence-electron chi connectivity index (χ4n) is 8.25. The predicted octanol–water partition coefficient (Wildman–Crippen LogP) is 4.24. The quantitative estimate of drug-likeness (QED) is 0.375. The van der Waals surface area contributed by atoms with Crippen molar-refractivity contribution in [3.63, 3.8) is 0 Å². The molecule has 4 aliphatic heterocycles. The van der Waals surface area contributed by atoms with Crippen molar-refractivity contribution < 1.29 is 14.2 Å². The van der Waals surface area contributed by atoms with Crippen LogP contribution in [0, 0.1) is 11.7 Å². The van der Waals surface area contributed by atoms with E-state index in [0.29, 0.717) is 59.1 Å². The largest absolute Gasteiger partial charge is 0.508 e. The van der Waals surface area contributed by atoms with Crippen molar-refractivity contribution >= 4 is 34.0 Å². The molecule has 2 bridgehead atoms. The smallest absolute Gasteiger partial charge is 0.319 e. The first-order valence-electron chi connectivity index (χ1n) is 15.1. The van der Waals surface area contributed by atoms with Crippen molar-refractivity contribution in [1.29, 1.82) is 0 Å². The van der Waals surface area contributed by atoms with Gasteiger partial charge in [-0.3, -0.25) is 4.90 Å². The summed E-state index contributed by atoms with van der Waals surface area (Å²) in [5, 5.41) is 14.6. The number of benzene rings is 1. The van der Waals surface area contributed by atoms with E-state index in [9.17, 15) is 5.11 Å². The van der Waals surface area contributed by atoms with E-state index in [-0.39, 0.29) is 33.7 Å². The minimum atomic E-state index is -0.636. The summed E-state index contributed by atoms with van der Waals surface area (Å²) in [5.74, 6) is 0.536. The highest BCUT2D eigenvalue weighted by Crippen LogP contribution is 2.44. The Morgan fingerprint density at radius 2 is 2.00 bits per heavy atom. The van der Waals surface area contributed by atoms with Gasteiger partial charge in [0.25, 0.3) is 0 Å². The third-order valence-corrected chi connectivity index (χ3v) is 10.3. The summed E-state index contributed by atoms with van der Waals surface area (Å²) >= 11 is 6.89. The van der Waals surface area contributed by atoms with Crippen molar-refractivity contribution in [2.45, 2.75) is 63.1 Å². The van der Waals surface area contributed by atoms with Crippen molar-refractivity contribution in [3.8, 4) is 23.0 Å². The Bertz CT molecular complexity index is 1640. The van der Waals surface area contributed by atoms with Gasteiger partial charge >= 0.3 is 6.01 Å². The van der Waals surface area contributed by atoms with Gasteiger partial charge in [-0.1, -0.05) is 24.6 Å². The van der Waals surface area contributed by atoms with Crippen LogP contribution in [0.25, 0.3) is 27.9 Å². The van der Waals surface area contributed by atoms with E-state index in [1.807, 2.05) is 6.08 Å². The van der Waals surface area contributed by atoms with E-state index in [0.717, 1.165) is 63.8 Å². The molecule has 6 heterocycles. The zero-order chi connectivity index (χ0) is 28.7. The summed E-state index contributed by atoms with van der Waals surface area (Å²) in [6, 6.07) is 3.96. The van der Waals surface area contributed by atoms with Crippen LogP contribution in [-0.2, 0) is 6.42 Å². The maximum absolute atomic E-state index is 16.7. The minimum absolute atomic E-state index is 0.000871. The molecule has 4 atom stereocenters. The van der Waals surface area contributed by atoms with Gasteiger partial charge in [-0.25, -0.2) is 9.37 Å². The van der Waals surface area contributed by atoms with E-state index in [1.54, 1.807) is 6.07 Å². The molecular formula is C31H35ClFN7O2. The Hall–Kier alpha value is -3.21. The van der Waals surface area contributed by atoms with Crippen LogP contribution >= 0.6 is 11.6 Å². The van der Waals surface area contributed by atoms with Crippen LogP contribution in [0.2, 0.25) is 5.15 Å². The van der Waals surface area contributed by atoms with Gasteiger partial charge in [-0.05, 0) is 68.7 Å². The number of nitrogens with two attached hydrogens (primary N) is 1. The fraction of sp³-hybridized carbons (Fsp3) is 0.516. The molecule has 1 aromatic carbocycles. The number of hydrogen-bond acceptors (Lipinski definition) is 9. The second-order valence-corrected chi connectivity index (χ2v) is 13.3. The average molecular weight is 592 g/mol. The van der Waals surface area contributed by atoms with Crippen LogP contribution in [0.5, 0.6) is 11.8 Å². The van der Waals surface area contributed by atoms with Crippen LogP contribution in [-0.4, -0.2) is 75.4 Å². The van der Waals surface area contributed by atoms with Crippen LogP contribution in [0.15, 0.2) is 18.2 Å². The van der Waals surface area contributed by atoms with Gasteiger partial charge in [0.15, 0.2) is 5.82 Å². The lowest BCUT2D eigenvalue weighted by Gasteiger charge is -2.35. The number of fused-ring (bicyclic) bond motifs is 5. The number of ether oxygens (including phenoxy) is 1. The first kappa shape index (κ1) is 26.4. The number of anilines is 1. The van der Waals surface area contributed by atoms with Gasteiger partial charge in [0.1, 0.15) is 34.5 Å². The zero-order valence-electron chi connectivity index (χ0n) is 23.7. The van der Waals surface area contributed by atoms with Crippen LogP contribution in [0.3, 0.4) is 0 Å². The number of piperazine rings is 1. The number of aromatic hydroxyl groups is 1. The van der Waals surface area contributed by atoms with Gasteiger partial charge in [0.2, 0.25) is 0 Å². The maximum atomic E-state index is 16.7. The van der Waals surface area contributed by atoms with Crippen molar-refractivity contribution in [2.24, 2.45) is 11.7 Å². The number of nitrogens with one attached hydrogen (secondary N) is 1. The first-order chi connectivity index (χ1) is 20.3. The van der Waals surface area contributed by atoms with Crippen LogP contribution in [0.4, 0.5) is 10.2 Å². The van der Waals surface area contributed by atoms with E-state index < -0.39 is 5.82 Å². The topological polar surface area (TPSA) is 113 Å². The number of phenolic OH excluding ortho intramolecular Hbond substituents is 1. The Morgan fingerprint density at radius 3 is 2.81 bits per heavy atom. The number of nitrogens with zero attached hydrogens (tertiary/aromatic N) is 5. The Kier molecular flexibility index (Phi) is 6.07. The van der Waals surface area contributed by atoms with E-state index >= 15 is 4.39 Å². The lowest BCUT2D eigenvalue weighted by Crippen LogP contribution is -2.51. The Labute approximate surface area is 248 Å². The first-order valence-corrected chi connectivity index (χ1v) is 15.4. The molecule has 2 unspecified atom stereocenters. The molecule has 42 heavy (non-hydrogen) atoms. The van der Waals surface area contributed by atoms with Crippen molar-refractivity contribution in [3.05, 3.63) is 40.3 Å². The molecule has 3 aromatic rings. The molecule has 0 saturated carbocycles. The number of aromatic nitrogens is 3. The molecule has 1 aliphatic carbocycles. The Morgan fingerprint density at radius 1 is 1.19 bits per heavy atom. The highest BCUT2D eigenvalue weighted by Gasteiger charge is 2.48. The highest BCUT2D eigenvalue weighted by atomic mass is 35.5. The predicted molar refractivity (Wildman–Crippen MR) is 160 cm³/mol. The third kappa shape index (κ3) is 4.13. The summed E-state index contributed by atoms with van der Waals surface area (Å²) < 4.78 is 23.1. The molecule has 0 spiro atoms. The van der Waals surface area contributed by atoms with Crippen molar-refractivity contribution in [1.82, 2.24) is 25.2 Å². The molecule has 220 valence electrons. The molecule has 2 aromatic heterocycles. The number of phenols is 1. The normalized spacial score (nSPS) is 28.4. The van der Waals surface area contributed by atoms with Gasteiger partial charge < -0.3 is 25.8 Å². The number of pyridine rings is 1. The number of halogens is 2. The van der Waals surface area contributed by atoms with Gasteiger partial charge in [-0.2, -0.15) is 9.97 Å². The second-order valence-electron chi connectivity index (χ2n) is 12.9. The minimum Gasteiger partial charge on any atom is -0.508 e. The SMILES string of the molecule is C[C@H]1CN2CCC[C@@]2(COc2nc(N3CC4CCC(C3)N4)c3c(Cl)nc(-c4cc(O)cc5c4C(N)=CC5)c(F)c3n2)C1. The van der Waals surface area contributed by atoms with Gasteiger partial charge in [-0.15, -0.1) is 0 Å². The van der Waals surface area contributed by atoms with E-state index in [2.05, 4.69) is 32.0 Å². The monoisotopic (exact) mass is 591 g/mol. The third-order valence-electron chi connectivity index (χ3n) is 9.98. The molecule has 4 N–H and O–H groups in total. The lowest BCUT2D eigenvalue weighted by molar-refractivity contribution is 0.107. The zero-order valence-corrected chi connectivity index (χ0v) is 24.4. The standard InChI is InChI=1S/C31H35ClFN7O2/c1-16-11-31(7-2-8-40(31)12-16)15-42-30-37-27-24(29(38-30)39-13-18-4-5-19(14-39)35-18)28(32)36-26(25(27)33)21-10-20(41)9-17-3-6-22(34)23(17)21/h6,9-10,16,18-19,35,41H,2-5,7-8,11-15,34H2,1H3/t16-,18?,19?,31+/m1/s1. The summed E-state index contributed by atoms with van der Waals surface area (Å²) in [7, 11) is 0. The van der Waals surface area contributed by atoms with Gasteiger partial charge in [0.05, 0.1) is 10.9 Å². The molecule has 11 heteroatoms. The number of hydrogen-bond donors (Lipinski definition) is 3. The summed E-state index contributed by atoms with van der Waals surface area (Å²) in [6.45, 7) is 6.36. The molecule has 0 radical (unpaired) electrons. The van der Waals surface area contributed by atoms with Crippen LogP contribution in [0.1, 0.15) is 50.2 Å². The number of rotatable bonds is 5. The van der Waals surface area contributed by atoms with Crippen molar-refractivity contribution in [2.75, 3.05) is 37.7 Å². The molecule has 9 nitrogen and oxygen atoms in total. The van der Waals surface area contributed by atoms with E-state index in [1.165, 1.54) is 6.07 Å². The fourth-order valence-corrected chi connectivity index (χ4v) is 8.51. The molecule has 5 aliphatic rings. The molecular weight excluding hydrogens is 557 g/mol. The molecule has 0 amide bonds. The summed E-state index contributed by atoms with van der Waals surface area (Å²) in [4.78, 5) is 18.8.